The molecule has 80 valence electrons. The minimum absolute atomic E-state index is 0.0643. The van der Waals surface area contributed by atoms with Gasteiger partial charge in [0.05, 0.1) is 5.92 Å². The molecule has 2 aliphatic carbocycles. The van der Waals surface area contributed by atoms with Crippen LogP contribution in [0.5, 0.6) is 0 Å². The van der Waals surface area contributed by atoms with E-state index in [0.717, 1.165) is 12.8 Å². The molecule has 2 heteroatoms. The number of fused-ring (bicyclic) bond motifs is 1. The van der Waals surface area contributed by atoms with Gasteiger partial charge < -0.3 is 5.11 Å². The summed E-state index contributed by atoms with van der Waals surface area (Å²) in [4.78, 5) is 11.0. The first-order chi connectivity index (χ1) is 6.54. The van der Waals surface area contributed by atoms with Gasteiger partial charge in [-0.2, -0.15) is 0 Å². The summed E-state index contributed by atoms with van der Waals surface area (Å²) < 4.78 is 0. The molecule has 2 saturated carbocycles. The van der Waals surface area contributed by atoms with Crippen LogP contribution in [0, 0.1) is 23.2 Å². The Kier molecular flexibility index (Phi) is 2.32. The summed E-state index contributed by atoms with van der Waals surface area (Å²) in [5, 5.41) is 9.06. The maximum Gasteiger partial charge on any atom is 0.306 e. The van der Waals surface area contributed by atoms with Crippen molar-refractivity contribution >= 4 is 5.97 Å². The molecule has 2 rings (SSSR count). The van der Waals surface area contributed by atoms with Crippen molar-refractivity contribution in [3.05, 3.63) is 0 Å². The lowest BCUT2D eigenvalue weighted by Crippen LogP contribution is -2.33. The van der Waals surface area contributed by atoms with E-state index in [1.807, 2.05) is 0 Å². The number of carboxylic acid groups (broad SMARTS) is 1. The Bertz CT molecular complexity index is 249. The van der Waals surface area contributed by atoms with Crippen molar-refractivity contribution in [1.82, 2.24) is 0 Å². The van der Waals surface area contributed by atoms with E-state index in [1.165, 1.54) is 19.3 Å². The smallest absolute Gasteiger partial charge is 0.306 e. The van der Waals surface area contributed by atoms with Crippen LogP contribution in [0.15, 0.2) is 0 Å². The summed E-state index contributed by atoms with van der Waals surface area (Å²) in [6, 6.07) is 0. The molecule has 0 unspecified atom stereocenters. The summed E-state index contributed by atoms with van der Waals surface area (Å²) in [6.45, 7) is 4.61. The van der Waals surface area contributed by atoms with Gasteiger partial charge in [-0.25, -0.2) is 0 Å². The van der Waals surface area contributed by atoms with Crippen LogP contribution in [0.1, 0.15) is 46.0 Å². The average Bonchev–Trinajstić information content (AvgIpc) is 2.45. The molecule has 0 spiro atoms. The predicted molar refractivity (Wildman–Crippen MR) is 55.0 cm³/mol. The van der Waals surface area contributed by atoms with Crippen molar-refractivity contribution in [2.75, 3.05) is 0 Å². The number of rotatable bonds is 1. The first-order valence-corrected chi connectivity index (χ1v) is 5.77. The third kappa shape index (κ3) is 1.35. The van der Waals surface area contributed by atoms with Crippen molar-refractivity contribution < 1.29 is 9.90 Å². The van der Waals surface area contributed by atoms with E-state index in [1.54, 1.807) is 0 Å². The van der Waals surface area contributed by atoms with Crippen LogP contribution >= 0.6 is 0 Å². The fourth-order valence-corrected chi connectivity index (χ4v) is 3.63. The van der Waals surface area contributed by atoms with Crippen molar-refractivity contribution in [1.29, 1.82) is 0 Å². The first kappa shape index (κ1) is 10.0. The number of carboxylic acids is 1. The molecule has 0 saturated heterocycles. The molecule has 0 aromatic carbocycles. The summed E-state index contributed by atoms with van der Waals surface area (Å²) >= 11 is 0. The molecule has 0 heterocycles. The molecule has 0 amide bonds. The van der Waals surface area contributed by atoms with Gasteiger partial charge in [-0.05, 0) is 36.5 Å². The van der Waals surface area contributed by atoms with Gasteiger partial charge in [-0.15, -0.1) is 0 Å². The van der Waals surface area contributed by atoms with Gasteiger partial charge in [0.15, 0.2) is 0 Å². The van der Waals surface area contributed by atoms with Crippen LogP contribution in [-0.2, 0) is 4.79 Å². The minimum Gasteiger partial charge on any atom is -0.481 e. The Morgan fingerprint density at radius 1 is 1.43 bits per heavy atom. The molecule has 4 atom stereocenters. The highest BCUT2D eigenvalue weighted by Crippen LogP contribution is 2.56. The largest absolute Gasteiger partial charge is 0.481 e. The predicted octanol–water partition coefficient (Wildman–Crippen LogP) is 2.92. The lowest BCUT2D eigenvalue weighted by atomic mass is 9.63. The number of aliphatic carboxylic acids is 1. The quantitative estimate of drug-likeness (QED) is 0.700. The molecule has 0 aromatic heterocycles. The molecular weight excluding hydrogens is 176 g/mol. The normalized spacial score (nSPS) is 47.4. The van der Waals surface area contributed by atoms with Gasteiger partial charge in [0.25, 0.3) is 0 Å². The fourth-order valence-electron chi connectivity index (χ4n) is 3.63. The Hall–Kier alpha value is -0.530. The van der Waals surface area contributed by atoms with E-state index in [2.05, 4.69) is 13.8 Å². The number of carbonyl (C=O) groups is 1. The number of hydrogen-bond acceptors (Lipinski definition) is 1. The van der Waals surface area contributed by atoms with Gasteiger partial charge in [-0.1, -0.05) is 26.7 Å². The van der Waals surface area contributed by atoms with E-state index in [9.17, 15) is 4.79 Å². The molecule has 0 aliphatic heterocycles. The highest BCUT2D eigenvalue weighted by atomic mass is 16.4. The molecule has 1 N–H and O–H groups in total. The van der Waals surface area contributed by atoms with E-state index in [-0.39, 0.29) is 5.92 Å². The second-order valence-electron chi connectivity index (χ2n) is 5.51. The van der Waals surface area contributed by atoms with Gasteiger partial charge >= 0.3 is 5.97 Å². The van der Waals surface area contributed by atoms with E-state index in [4.69, 9.17) is 5.11 Å². The summed E-state index contributed by atoms with van der Waals surface area (Å²) in [5.41, 5.74) is 0.321. The first-order valence-electron chi connectivity index (χ1n) is 5.77. The highest BCUT2D eigenvalue weighted by Gasteiger charge is 2.50. The highest BCUT2D eigenvalue weighted by molar-refractivity contribution is 5.70. The second kappa shape index (κ2) is 3.25. The maximum atomic E-state index is 11.0. The molecule has 2 fully saturated rings. The van der Waals surface area contributed by atoms with Crippen molar-refractivity contribution in [2.45, 2.75) is 46.0 Å². The van der Waals surface area contributed by atoms with Crippen molar-refractivity contribution in [2.24, 2.45) is 23.2 Å². The summed E-state index contributed by atoms with van der Waals surface area (Å²) in [5.74, 6) is 0.747. The average molecular weight is 196 g/mol. The molecule has 14 heavy (non-hydrogen) atoms. The summed E-state index contributed by atoms with van der Waals surface area (Å²) in [6.07, 6.45) is 5.68. The minimum atomic E-state index is -0.576. The second-order valence-corrected chi connectivity index (χ2v) is 5.51. The molecule has 2 nitrogen and oxygen atoms in total. The van der Waals surface area contributed by atoms with E-state index in [0.29, 0.717) is 17.3 Å². The summed E-state index contributed by atoms with van der Waals surface area (Å²) in [7, 11) is 0. The van der Waals surface area contributed by atoms with Gasteiger partial charge in [0.2, 0.25) is 0 Å². The molecule has 0 bridgehead atoms. The zero-order chi connectivity index (χ0) is 10.3. The third-order valence-electron chi connectivity index (χ3n) is 4.85. The Labute approximate surface area is 85.7 Å². The lowest BCUT2D eigenvalue weighted by molar-refractivity contribution is -0.141. The number of hydrogen-bond donors (Lipinski definition) is 1. The molecule has 0 radical (unpaired) electrons. The maximum absolute atomic E-state index is 11.0. The Balaban J connectivity index is 2.17. The zero-order valence-corrected chi connectivity index (χ0v) is 9.12. The van der Waals surface area contributed by atoms with Gasteiger partial charge in [0.1, 0.15) is 0 Å². The third-order valence-corrected chi connectivity index (χ3v) is 4.85. The van der Waals surface area contributed by atoms with Crippen LogP contribution in [0.25, 0.3) is 0 Å². The Morgan fingerprint density at radius 2 is 2.14 bits per heavy atom. The topological polar surface area (TPSA) is 37.3 Å². The van der Waals surface area contributed by atoms with Crippen LogP contribution in [-0.4, -0.2) is 11.1 Å². The van der Waals surface area contributed by atoms with Crippen LogP contribution in [0.4, 0.5) is 0 Å². The Morgan fingerprint density at radius 3 is 2.71 bits per heavy atom. The fraction of sp³-hybridized carbons (Fsp3) is 0.917. The lowest BCUT2D eigenvalue weighted by Gasteiger charge is -2.42. The monoisotopic (exact) mass is 196 g/mol. The van der Waals surface area contributed by atoms with E-state index >= 15 is 0 Å². The van der Waals surface area contributed by atoms with E-state index < -0.39 is 5.97 Å². The SMILES string of the molecule is C[C@H]1CCC[C@H]2C[C@H](C(=O)O)C[C@@]21C. The molecular formula is C12H20O2. The van der Waals surface area contributed by atoms with Gasteiger partial charge in [0, 0.05) is 0 Å². The van der Waals surface area contributed by atoms with Crippen molar-refractivity contribution in [3.63, 3.8) is 0 Å². The van der Waals surface area contributed by atoms with Crippen LogP contribution < -0.4 is 0 Å². The standard InChI is InChI=1S/C12H20O2/c1-8-4-3-5-10-6-9(11(13)14)7-12(8,10)2/h8-10H,3-7H2,1-2H3,(H,13,14)/t8-,9-,10-,12+/m0/s1. The zero-order valence-electron chi connectivity index (χ0n) is 9.12. The van der Waals surface area contributed by atoms with Crippen LogP contribution in [0.2, 0.25) is 0 Å². The molecule has 0 aromatic rings. The van der Waals surface area contributed by atoms with Crippen LogP contribution in [0.3, 0.4) is 0 Å². The molecule has 2 aliphatic rings. The van der Waals surface area contributed by atoms with Crippen molar-refractivity contribution in [3.8, 4) is 0 Å². The van der Waals surface area contributed by atoms with Gasteiger partial charge in [-0.3, -0.25) is 4.79 Å².